The van der Waals surface area contributed by atoms with Gasteiger partial charge in [0.2, 0.25) is 5.91 Å². The van der Waals surface area contributed by atoms with E-state index in [1.54, 1.807) is 10.9 Å². The number of hydrogen-bond donors (Lipinski definition) is 1. The number of ether oxygens (including phenoxy) is 1. The highest BCUT2D eigenvalue weighted by molar-refractivity contribution is 5.78. The largest absolute Gasteiger partial charge is 0.573 e. The Morgan fingerprint density at radius 1 is 1.04 bits per heavy atom. The third-order valence-corrected chi connectivity index (χ3v) is 3.91. The summed E-state index contributed by atoms with van der Waals surface area (Å²) in [6.45, 7) is 0.439. The van der Waals surface area contributed by atoms with Gasteiger partial charge in [-0.15, -0.1) is 13.2 Å². The lowest BCUT2D eigenvalue weighted by Gasteiger charge is -2.09. The normalized spacial score (nSPS) is 11.2. The summed E-state index contributed by atoms with van der Waals surface area (Å²) in [4.78, 5) is 12.0. The molecule has 146 valence electrons. The van der Waals surface area contributed by atoms with Crippen molar-refractivity contribution in [2.45, 2.75) is 19.2 Å². The first-order valence-electron chi connectivity index (χ1n) is 8.59. The van der Waals surface area contributed by atoms with Gasteiger partial charge < -0.3 is 10.1 Å². The molecule has 0 aliphatic rings. The maximum atomic E-state index is 12.1. The zero-order valence-corrected chi connectivity index (χ0v) is 14.8. The number of benzene rings is 2. The molecule has 0 spiro atoms. The van der Waals surface area contributed by atoms with Crippen molar-refractivity contribution < 1.29 is 22.7 Å². The summed E-state index contributed by atoms with van der Waals surface area (Å²) >= 11 is 0. The Morgan fingerprint density at radius 3 is 2.43 bits per heavy atom. The quantitative estimate of drug-likeness (QED) is 0.671. The van der Waals surface area contributed by atoms with Crippen LogP contribution in [0.2, 0.25) is 0 Å². The number of nitrogens with one attached hydrogen (secondary N) is 1. The van der Waals surface area contributed by atoms with E-state index in [9.17, 15) is 18.0 Å². The van der Waals surface area contributed by atoms with Crippen molar-refractivity contribution in [2.24, 2.45) is 0 Å². The number of alkyl halides is 3. The first-order chi connectivity index (χ1) is 13.4. The first-order valence-corrected chi connectivity index (χ1v) is 8.59. The van der Waals surface area contributed by atoms with E-state index in [2.05, 4.69) is 15.2 Å². The zero-order valence-electron chi connectivity index (χ0n) is 14.8. The third-order valence-electron chi connectivity index (χ3n) is 3.91. The van der Waals surface area contributed by atoms with E-state index >= 15 is 0 Å². The molecule has 2 aromatic carbocycles. The minimum absolute atomic E-state index is 0.0789. The number of amides is 1. The van der Waals surface area contributed by atoms with Crippen LogP contribution in [0.15, 0.2) is 67.0 Å². The number of para-hydroxylation sites is 1. The maximum Gasteiger partial charge on any atom is 0.573 e. The van der Waals surface area contributed by atoms with Crippen molar-refractivity contribution in [3.63, 3.8) is 0 Å². The van der Waals surface area contributed by atoms with E-state index in [-0.39, 0.29) is 18.1 Å². The van der Waals surface area contributed by atoms with E-state index in [0.717, 1.165) is 11.3 Å². The Morgan fingerprint density at radius 2 is 1.75 bits per heavy atom. The number of carbonyl (C=O) groups is 1. The Kier molecular flexibility index (Phi) is 5.98. The number of aromatic nitrogens is 2. The molecule has 3 rings (SSSR count). The van der Waals surface area contributed by atoms with Crippen LogP contribution in [0.4, 0.5) is 13.2 Å². The van der Waals surface area contributed by atoms with Crippen LogP contribution in [0.3, 0.4) is 0 Å². The van der Waals surface area contributed by atoms with Gasteiger partial charge in [-0.1, -0.05) is 30.3 Å². The van der Waals surface area contributed by atoms with Crippen molar-refractivity contribution in [3.8, 4) is 11.4 Å². The lowest BCUT2D eigenvalue weighted by Crippen LogP contribution is -2.27. The lowest BCUT2D eigenvalue weighted by atomic mass is 10.1. The first kappa shape index (κ1) is 19.5. The summed E-state index contributed by atoms with van der Waals surface area (Å²) in [7, 11) is 0. The second kappa shape index (κ2) is 8.60. The van der Waals surface area contributed by atoms with Crippen LogP contribution < -0.4 is 10.1 Å². The van der Waals surface area contributed by atoms with Crippen LogP contribution in [0, 0.1) is 0 Å². The smallest absolute Gasteiger partial charge is 0.406 e. The predicted octanol–water partition coefficient (Wildman–Crippen LogP) is 3.67. The highest BCUT2D eigenvalue weighted by Crippen LogP contribution is 2.22. The molecule has 0 unspecified atom stereocenters. The van der Waals surface area contributed by atoms with E-state index in [1.165, 1.54) is 24.3 Å². The topological polar surface area (TPSA) is 56.1 Å². The molecule has 1 aromatic heterocycles. The van der Waals surface area contributed by atoms with Crippen LogP contribution >= 0.6 is 0 Å². The molecule has 0 saturated carbocycles. The molecular formula is C20H18F3N3O2. The number of nitrogens with zero attached hydrogens (tertiary/aromatic N) is 2. The molecule has 0 radical (unpaired) electrons. The minimum atomic E-state index is -4.73. The maximum absolute atomic E-state index is 12.1. The Hall–Kier alpha value is -3.29. The molecule has 0 bridgehead atoms. The Labute approximate surface area is 159 Å². The Balaban J connectivity index is 1.44. The molecule has 1 N–H and O–H groups in total. The summed E-state index contributed by atoms with van der Waals surface area (Å²) in [6.07, 6.45) is -0.376. The molecule has 0 saturated heterocycles. The molecule has 5 nitrogen and oxygen atoms in total. The second-order valence-corrected chi connectivity index (χ2v) is 6.10. The van der Waals surface area contributed by atoms with Crippen molar-refractivity contribution in [1.82, 2.24) is 15.1 Å². The van der Waals surface area contributed by atoms with Crippen LogP contribution in [0.1, 0.15) is 11.1 Å². The van der Waals surface area contributed by atoms with Crippen LogP contribution in [0.5, 0.6) is 5.75 Å². The van der Waals surface area contributed by atoms with Gasteiger partial charge in [-0.3, -0.25) is 4.79 Å². The summed E-state index contributed by atoms with van der Waals surface area (Å²) in [5, 5.41) is 7.09. The molecule has 0 aliphatic heterocycles. The van der Waals surface area contributed by atoms with Crippen LogP contribution in [0.25, 0.3) is 5.69 Å². The summed E-state index contributed by atoms with van der Waals surface area (Å²) in [5.41, 5.74) is 2.54. The van der Waals surface area contributed by atoms with Crippen molar-refractivity contribution in [2.75, 3.05) is 6.54 Å². The Bertz CT molecular complexity index is 906. The van der Waals surface area contributed by atoms with E-state index in [4.69, 9.17) is 0 Å². The van der Waals surface area contributed by atoms with Gasteiger partial charge in [-0.2, -0.15) is 5.10 Å². The van der Waals surface area contributed by atoms with Gasteiger partial charge >= 0.3 is 6.36 Å². The van der Waals surface area contributed by atoms with Gasteiger partial charge in [0.05, 0.1) is 18.3 Å². The summed E-state index contributed by atoms with van der Waals surface area (Å²) in [5.74, 6) is -0.521. The van der Waals surface area contributed by atoms with Gasteiger partial charge in [-0.25, -0.2) is 4.68 Å². The number of halogens is 3. The number of hydrogen-bond acceptors (Lipinski definition) is 3. The van der Waals surface area contributed by atoms with Crippen molar-refractivity contribution in [3.05, 3.63) is 78.1 Å². The van der Waals surface area contributed by atoms with Crippen molar-refractivity contribution >= 4 is 5.91 Å². The lowest BCUT2D eigenvalue weighted by molar-refractivity contribution is -0.274. The average Bonchev–Trinajstić information content (AvgIpc) is 3.12. The summed E-state index contributed by atoms with van der Waals surface area (Å²) in [6, 6.07) is 14.9. The number of carbonyl (C=O) groups excluding carboxylic acids is 1. The molecule has 0 atom stereocenters. The second-order valence-electron chi connectivity index (χ2n) is 6.10. The molecule has 28 heavy (non-hydrogen) atoms. The standard InChI is InChI=1S/C20H18F3N3O2/c21-20(22,23)28-18-8-6-15(7-9-18)12-19(27)24-11-10-16-13-25-26(14-16)17-4-2-1-3-5-17/h1-9,13-14H,10-12H2,(H,24,27). The molecule has 0 fully saturated rings. The van der Waals surface area contributed by atoms with Gasteiger partial charge in [-0.05, 0) is 41.8 Å². The molecule has 1 heterocycles. The van der Waals surface area contributed by atoms with E-state index in [1.807, 2.05) is 36.5 Å². The third kappa shape index (κ3) is 5.87. The molecule has 8 heteroatoms. The van der Waals surface area contributed by atoms with Crippen molar-refractivity contribution in [1.29, 1.82) is 0 Å². The van der Waals surface area contributed by atoms with Crippen LogP contribution in [-0.4, -0.2) is 28.6 Å². The van der Waals surface area contributed by atoms with E-state index in [0.29, 0.717) is 18.5 Å². The predicted molar refractivity (Wildman–Crippen MR) is 97.1 cm³/mol. The van der Waals surface area contributed by atoms with Gasteiger partial charge in [0.25, 0.3) is 0 Å². The van der Waals surface area contributed by atoms with E-state index < -0.39 is 6.36 Å². The average molecular weight is 389 g/mol. The minimum Gasteiger partial charge on any atom is -0.406 e. The molecular weight excluding hydrogens is 371 g/mol. The fourth-order valence-electron chi connectivity index (χ4n) is 2.61. The molecule has 3 aromatic rings. The van der Waals surface area contributed by atoms with Gasteiger partial charge in [0, 0.05) is 12.7 Å². The SMILES string of the molecule is O=C(Cc1ccc(OC(F)(F)F)cc1)NCCc1cnn(-c2ccccc2)c1. The van der Waals surface area contributed by atoms with Gasteiger partial charge in [0.1, 0.15) is 5.75 Å². The molecule has 0 aliphatic carbocycles. The number of rotatable bonds is 7. The summed E-state index contributed by atoms with van der Waals surface area (Å²) < 4.78 is 42.0. The zero-order chi connectivity index (χ0) is 20.0. The molecule has 1 amide bonds. The highest BCUT2D eigenvalue weighted by Gasteiger charge is 2.30. The fourth-order valence-corrected chi connectivity index (χ4v) is 2.61. The fraction of sp³-hybridized carbons (Fsp3) is 0.200. The van der Waals surface area contributed by atoms with Gasteiger partial charge in [0.15, 0.2) is 0 Å². The van der Waals surface area contributed by atoms with Crippen LogP contribution in [-0.2, 0) is 17.6 Å². The monoisotopic (exact) mass is 389 g/mol. The highest BCUT2D eigenvalue weighted by atomic mass is 19.4.